The highest BCUT2D eigenvalue weighted by Crippen LogP contribution is 2.59. The van der Waals surface area contributed by atoms with Gasteiger partial charge in [-0.25, -0.2) is 4.79 Å². The molecule has 0 amide bonds. The molecular weight excluding hydrogens is 504 g/mol. The van der Waals surface area contributed by atoms with Crippen molar-refractivity contribution in [3.05, 3.63) is 41.5 Å². The van der Waals surface area contributed by atoms with Gasteiger partial charge < -0.3 is 38.3 Å². The van der Waals surface area contributed by atoms with E-state index in [0.29, 0.717) is 37.7 Å². The summed E-state index contributed by atoms with van der Waals surface area (Å²) in [7, 11) is 3.23. The first-order valence-electron chi connectivity index (χ1n) is 13.6. The fourth-order valence-corrected chi connectivity index (χ4v) is 5.71. The number of carbonyl (C=O) groups excluding carboxylic acids is 1. The third kappa shape index (κ3) is 7.02. The zero-order valence-electron chi connectivity index (χ0n) is 23.6. The van der Waals surface area contributed by atoms with Crippen molar-refractivity contribution in [3.8, 4) is 11.5 Å². The van der Waals surface area contributed by atoms with Crippen molar-refractivity contribution in [1.29, 1.82) is 0 Å². The van der Waals surface area contributed by atoms with Gasteiger partial charge in [0.2, 0.25) is 0 Å². The molecule has 1 aliphatic carbocycles. The Labute approximate surface area is 231 Å². The summed E-state index contributed by atoms with van der Waals surface area (Å²) in [5, 5.41) is 8.81. The van der Waals surface area contributed by atoms with Gasteiger partial charge in [-0.15, -0.1) is 0 Å². The van der Waals surface area contributed by atoms with Gasteiger partial charge in [0.05, 0.1) is 45.6 Å². The number of carbonyl (C=O) groups is 1. The summed E-state index contributed by atoms with van der Waals surface area (Å²) in [5.41, 5.74) is 1.37. The Balaban J connectivity index is 1.39. The number of rotatable bonds is 14. The summed E-state index contributed by atoms with van der Waals surface area (Å²) < 4.78 is 40.5. The lowest BCUT2D eigenvalue weighted by atomic mass is 9.68. The molecule has 1 N–H and O–H groups in total. The van der Waals surface area contributed by atoms with Crippen molar-refractivity contribution in [2.45, 2.75) is 69.5 Å². The minimum Gasteiger partial charge on any atom is -0.493 e. The van der Waals surface area contributed by atoms with Crippen molar-refractivity contribution in [2.75, 3.05) is 47.3 Å². The van der Waals surface area contributed by atoms with E-state index in [-0.39, 0.29) is 42.5 Å². The lowest BCUT2D eigenvalue weighted by molar-refractivity contribution is -0.166. The summed E-state index contributed by atoms with van der Waals surface area (Å²) >= 11 is 0. The van der Waals surface area contributed by atoms with Crippen LogP contribution in [0.15, 0.2) is 35.9 Å². The molecule has 2 saturated heterocycles. The van der Waals surface area contributed by atoms with E-state index in [0.717, 1.165) is 18.4 Å². The monoisotopic (exact) mass is 546 g/mol. The molecule has 9 heteroatoms. The minimum absolute atomic E-state index is 0.0243. The quantitative estimate of drug-likeness (QED) is 0.123. The van der Waals surface area contributed by atoms with E-state index in [4.69, 9.17) is 38.3 Å². The third-order valence-electron chi connectivity index (χ3n) is 7.83. The largest absolute Gasteiger partial charge is 0.493 e. The molecule has 0 aromatic heterocycles. The van der Waals surface area contributed by atoms with Gasteiger partial charge in [-0.3, -0.25) is 0 Å². The lowest BCUT2D eigenvalue weighted by Crippen LogP contribution is -2.55. The maximum atomic E-state index is 12.9. The standard InChI is InChI=1S/C30H42O9/c1-20(2)6-10-25-29(3,39-25)28-27(34-5)23(12-13-30(28)19-37-30)38-26(32)11-8-21-7-9-22(33-4)24(18-21)36-17-16-35-15-14-31/h6-9,11,18,23,25,27-28,31H,10,12-17,19H2,1-5H3/t23-,25-,27-,28-,29+,30+/m1/s1. The number of allylic oxidation sites excluding steroid dienone is 1. The van der Waals surface area contributed by atoms with Gasteiger partial charge in [-0.05, 0) is 63.8 Å². The van der Waals surface area contributed by atoms with Crippen LogP contribution >= 0.6 is 0 Å². The van der Waals surface area contributed by atoms with Crippen molar-refractivity contribution >= 4 is 12.0 Å². The van der Waals surface area contributed by atoms with Crippen LogP contribution in [0.25, 0.3) is 6.08 Å². The number of esters is 1. The van der Waals surface area contributed by atoms with E-state index >= 15 is 0 Å². The fourth-order valence-electron chi connectivity index (χ4n) is 5.71. The molecule has 3 aliphatic rings. The molecule has 9 nitrogen and oxygen atoms in total. The average molecular weight is 547 g/mol. The van der Waals surface area contributed by atoms with Crippen LogP contribution in [-0.2, 0) is 28.5 Å². The predicted octanol–water partition coefficient (Wildman–Crippen LogP) is 3.72. The van der Waals surface area contributed by atoms with Gasteiger partial charge in [0, 0.05) is 13.2 Å². The molecule has 4 rings (SSSR count). The van der Waals surface area contributed by atoms with E-state index in [1.54, 1.807) is 32.4 Å². The number of aliphatic hydroxyl groups is 1. The average Bonchev–Trinajstić information content (AvgIpc) is 3.84. The van der Waals surface area contributed by atoms with Gasteiger partial charge in [0.15, 0.2) is 11.5 Å². The minimum atomic E-state index is -0.438. The second kappa shape index (κ2) is 12.8. The molecule has 1 saturated carbocycles. The van der Waals surface area contributed by atoms with Gasteiger partial charge in [0.1, 0.15) is 30.0 Å². The molecule has 0 bridgehead atoms. The van der Waals surface area contributed by atoms with Crippen LogP contribution in [0.3, 0.4) is 0 Å². The Morgan fingerprint density at radius 2 is 1.97 bits per heavy atom. The van der Waals surface area contributed by atoms with E-state index < -0.39 is 12.1 Å². The number of aliphatic hydroxyl groups excluding tert-OH is 1. The molecule has 39 heavy (non-hydrogen) atoms. The van der Waals surface area contributed by atoms with E-state index in [2.05, 4.69) is 26.8 Å². The molecular formula is C30H42O9. The van der Waals surface area contributed by atoms with E-state index in [1.807, 2.05) is 6.07 Å². The molecule has 6 atom stereocenters. The molecule has 1 aromatic rings. The molecule has 216 valence electrons. The summed E-state index contributed by atoms with van der Waals surface area (Å²) in [5.74, 6) is 0.643. The second-order valence-corrected chi connectivity index (χ2v) is 10.8. The normalized spacial score (nSPS) is 31.2. The van der Waals surface area contributed by atoms with Crippen molar-refractivity contribution in [3.63, 3.8) is 0 Å². The number of hydrogen-bond acceptors (Lipinski definition) is 9. The summed E-state index contributed by atoms with van der Waals surface area (Å²) in [6.07, 6.45) is 6.99. The number of ether oxygens (including phenoxy) is 7. The highest BCUT2D eigenvalue weighted by Gasteiger charge is 2.72. The molecule has 3 fully saturated rings. The molecule has 2 aliphatic heterocycles. The highest BCUT2D eigenvalue weighted by molar-refractivity contribution is 5.87. The first-order valence-corrected chi connectivity index (χ1v) is 13.6. The zero-order valence-corrected chi connectivity index (χ0v) is 23.6. The van der Waals surface area contributed by atoms with Gasteiger partial charge in [-0.2, -0.15) is 0 Å². The van der Waals surface area contributed by atoms with Gasteiger partial charge >= 0.3 is 5.97 Å². The number of hydrogen-bond donors (Lipinski definition) is 1. The maximum absolute atomic E-state index is 12.9. The number of epoxide rings is 2. The SMILES string of the molecule is COc1ccc(C=CC(=O)O[C@@H]2CC[C@]3(CO3)[C@@H]([C@@]3(C)O[C@@H]3CC=C(C)C)[C@@H]2OC)cc1OCCOCCO. The van der Waals surface area contributed by atoms with Crippen molar-refractivity contribution in [2.24, 2.45) is 5.92 Å². The Morgan fingerprint density at radius 1 is 1.18 bits per heavy atom. The predicted molar refractivity (Wildman–Crippen MR) is 145 cm³/mol. The lowest BCUT2D eigenvalue weighted by Gasteiger charge is -2.42. The maximum Gasteiger partial charge on any atom is 0.331 e. The first-order chi connectivity index (χ1) is 18.8. The Bertz CT molecular complexity index is 1040. The summed E-state index contributed by atoms with van der Waals surface area (Å²) in [6, 6.07) is 5.40. The van der Waals surface area contributed by atoms with Crippen LogP contribution in [0.2, 0.25) is 0 Å². The van der Waals surface area contributed by atoms with Gasteiger partial charge in [-0.1, -0.05) is 17.7 Å². The topological polar surface area (TPSA) is 109 Å². The molecule has 0 radical (unpaired) electrons. The van der Waals surface area contributed by atoms with Crippen molar-refractivity contribution < 1.29 is 43.1 Å². The first kappa shape index (κ1) is 29.6. The van der Waals surface area contributed by atoms with Crippen LogP contribution in [0.1, 0.15) is 45.6 Å². The Morgan fingerprint density at radius 3 is 2.64 bits per heavy atom. The van der Waals surface area contributed by atoms with Crippen LogP contribution in [-0.4, -0.2) is 87.8 Å². The van der Waals surface area contributed by atoms with Gasteiger partial charge in [0.25, 0.3) is 0 Å². The highest BCUT2D eigenvalue weighted by atomic mass is 16.6. The van der Waals surface area contributed by atoms with Crippen LogP contribution in [0, 0.1) is 5.92 Å². The molecule has 1 spiro atoms. The number of benzene rings is 1. The Kier molecular flexibility index (Phi) is 9.72. The molecule has 1 aromatic carbocycles. The number of methoxy groups -OCH3 is 2. The smallest absolute Gasteiger partial charge is 0.331 e. The van der Waals surface area contributed by atoms with Crippen LogP contribution in [0.4, 0.5) is 0 Å². The molecule has 0 unspecified atom stereocenters. The fraction of sp³-hybridized carbons (Fsp3) is 0.633. The van der Waals surface area contributed by atoms with Crippen molar-refractivity contribution in [1.82, 2.24) is 0 Å². The third-order valence-corrected chi connectivity index (χ3v) is 7.83. The Hall–Kier alpha value is -2.43. The van der Waals surface area contributed by atoms with Crippen LogP contribution in [0.5, 0.6) is 11.5 Å². The van der Waals surface area contributed by atoms with Crippen LogP contribution < -0.4 is 9.47 Å². The van der Waals surface area contributed by atoms with E-state index in [1.165, 1.54) is 11.6 Å². The zero-order chi connectivity index (χ0) is 28.0. The summed E-state index contributed by atoms with van der Waals surface area (Å²) in [6.45, 7) is 7.84. The van der Waals surface area contributed by atoms with E-state index in [9.17, 15) is 4.79 Å². The summed E-state index contributed by atoms with van der Waals surface area (Å²) in [4.78, 5) is 12.9. The molecule has 2 heterocycles. The second-order valence-electron chi connectivity index (χ2n) is 10.8.